The average Bonchev–Trinajstić information content (AvgIpc) is 3.21. The first-order valence-electron chi connectivity index (χ1n) is 12.2. The highest BCUT2D eigenvalue weighted by Gasteiger charge is 2.35. The lowest BCUT2D eigenvalue weighted by Gasteiger charge is -2.37. The Morgan fingerprint density at radius 3 is 2.81 bits per heavy atom. The van der Waals surface area contributed by atoms with Crippen LogP contribution in [-0.4, -0.2) is 72.4 Å². The molecule has 0 fully saturated rings. The van der Waals surface area contributed by atoms with Gasteiger partial charge in [-0.1, -0.05) is 0 Å². The van der Waals surface area contributed by atoms with Crippen LogP contribution in [0.25, 0.3) is 10.9 Å². The minimum atomic E-state index is -0.926. The largest absolute Gasteiger partial charge is 0.492 e. The molecular weight excluding hydrogens is 471 g/mol. The van der Waals surface area contributed by atoms with E-state index in [1.54, 1.807) is 19.1 Å². The van der Waals surface area contributed by atoms with Crippen LogP contribution in [0.5, 0.6) is 5.75 Å². The number of aliphatic carboxylic acids is 1. The Hall–Kier alpha value is -3.04. The predicted octanol–water partition coefficient (Wildman–Crippen LogP) is 4.85. The van der Waals surface area contributed by atoms with Crippen LogP contribution in [0.15, 0.2) is 30.3 Å². The maximum atomic E-state index is 15.5. The summed E-state index contributed by atoms with van der Waals surface area (Å²) < 4.78 is 47.9. The zero-order valence-electron chi connectivity index (χ0n) is 20.6. The Labute approximate surface area is 208 Å². The average molecular weight is 504 g/mol. The van der Waals surface area contributed by atoms with Crippen molar-refractivity contribution in [1.82, 2.24) is 14.8 Å². The monoisotopic (exact) mass is 503 g/mol. The number of nitrogens with one attached hydrogen (secondary N) is 1. The third-order valence-corrected chi connectivity index (χ3v) is 6.89. The van der Waals surface area contributed by atoms with E-state index in [1.807, 2.05) is 16.8 Å². The van der Waals surface area contributed by atoms with Crippen LogP contribution >= 0.6 is 0 Å². The van der Waals surface area contributed by atoms with Crippen LogP contribution in [0.2, 0.25) is 0 Å². The van der Waals surface area contributed by atoms with Crippen LogP contribution < -0.4 is 4.74 Å². The van der Waals surface area contributed by atoms with Gasteiger partial charge in [0.15, 0.2) is 0 Å². The second-order valence-corrected chi connectivity index (χ2v) is 9.32. The fraction of sp³-hybridized carbons (Fsp3) is 0.444. The molecule has 2 heterocycles. The number of hydrogen-bond donors (Lipinski definition) is 2. The van der Waals surface area contributed by atoms with E-state index < -0.39 is 17.8 Å². The molecule has 1 unspecified atom stereocenters. The van der Waals surface area contributed by atoms with Crippen LogP contribution in [0.1, 0.15) is 41.3 Å². The van der Waals surface area contributed by atoms with E-state index in [2.05, 4.69) is 4.98 Å². The van der Waals surface area contributed by atoms with E-state index in [9.17, 15) is 18.7 Å². The van der Waals surface area contributed by atoms with Crippen molar-refractivity contribution in [2.75, 3.05) is 46.5 Å². The Kier molecular flexibility index (Phi) is 8.21. The normalized spacial score (nSPS) is 16.0. The quantitative estimate of drug-likeness (QED) is 0.392. The Bertz CT molecular complexity index is 1230. The summed E-state index contributed by atoms with van der Waals surface area (Å²) in [5.74, 6) is -1.14. The maximum absolute atomic E-state index is 15.5. The number of halogens is 3. The first-order chi connectivity index (χ1) is 17.3. The summed E-state index contributed by atoms with van der Waals surface area (Å²) in [6.07, 6.45) is 0.973. The van der Waals surface area contributed by atoms with Gasteiger partial charge < -0.3 is 19.7 Å². The smallest absolute Gasteiger partial charge is 0.304 e. The minimum Gasteiger partial charge on any atom is -0.492 e. The number of fused-ring (bicyclic) bond motifs is 3. The summed E-state index contributed by atoms with van der Waals surface area (Å²) in [6, 6.07) is 6.93. The van der Waals surface area contributed by atoms with Crippen molar-refractivity contribution >= 4 is 16.9 Å². The van der Waals surface area contributed by atoms with Gasteiger partial charge in [0.1, 0.15) is 24.0 Å². The van der Waals surface area contributed by atoms with Crippen LogP contribution in [-0.2, 0) is 11.2 Å². The van der Waals surface area contributed by atoms with Gasteiger partial charge in [0.05, 0.1) is 19.1 Å². The first-order valence-corrected chi connectivity index (χ1v) is 12.2. The Balaban J connectivity index is 1.70. The molecule has 2 N–H and O–H groups in total. The van der Waals surface area contributed by atoms with E-state index in [0.717, 1.165) is 22.2 Å². The van der Waals surface area contributed by atoms with Gasteiger partial charge in [0.25, 0.3) is 0 Å². The fourth-order valence-corrected chi connectivity index (χ4v) is 5.04. The lowest BCUT2D eigenvalue weighted by molar-refractivity contribution is -0.137. The molecule has 1 aliphatic rings. The molecule has 0 amide bonds. The van der Waals surface area contributed by atoms with Crippen molar-refractivity contribution in [3.63, 3.8) is 0 Å². The summed E-state index contributed by atoms with van der Waals surface area (Å²) >= 11 is 0. The van der Waals surface area contributed by atoms with Crippen molar-refractivity contribution in [3.05, 3.63) is 64.4 Å². The molecule has 36 heavy (non-hydrogen) atoms. The molecule has 6 nitrogen and oxygen atoms in total. The number of carboxylic acids is 1. The zero-order valence-corrected chi connectivity index (χ0v) is 20.6. The second-order valence-electron chi connectivity index (χ2n) is 9.32. The Morgan fingerprint density at radius 1 is 1.25 bits per heavy atom. The van der Waals surface area contributed by atoms with Crippen LogP contribution in [0.3, 0.4) is 0 Å². The number of nitrogens with zero attached hydrogens (tertiary/aromatic N) is 2. The van der Waals surface area contributed by atoms with Crippen molar-refractivity contribution < 1.29 is 27.8 Å². The zero-order chi connectivity index (χ0) is 25.8. The molecule has 0 spiro atoms. The number of rotatable bonds is 11. The van der Waals surface area contributed by atoms with Gasteiger partial charge in [-0.15, -0.1) is 0 Å². The summed E-state index contributed by atoms with van der Waals surface area (Å²) in [4.78, 5) is 18.6. The molecule has 1 atom stereocenters. The number of carboxylic acid groups (broad SMARTS) is 1. The molecule has 2 aromatic carbocycles. The predicted molar refractivity (Wildman–Crippen MR) is 132 cm³/mol. The van der Waals surface area contributed by atoms with Crippen molar-refractivity contribution in [3.8, 4) is 5.75 Å². The van der Waals surface area contributed by atoms with Gasteiger partial charge in [-0.2, -0.15) is 0 Å². The van der Waals surface area contributed by atoms with Gasteiger partial charge in [-0.3, -0.25) is 14.1 Å². The van der Waals surface area contributed by atoms with Crippen molar-refractivity contribution in [2.45, 2.75) is 32.2 Å². The molecule has 9 heteroatoms. The molecular formula is C27H32F3N3O3. The molecule has 0 bridgehead atoms. The summed E-state index contributed by atoms with van der Waals surface area (Å²) in [5, 5.41) is 10.1. The lowest BCUT2D eigenvalue weighted by Crippen LogP contribution is -2.38. The van der Waals surface area contributed by atoms with Crippen LogP contribution in [0.4, 0.5) is 13.2 Å². The number of H-pyrrole nitrogens is 1. The standard InChI is InChI=1S/C27H32F3N3O3/c1-17-23(36-15-14-32(2)11-3-10-28)7-5-21(30)25(17)27-26-19(8-12-33(27)13-9-24(34)35)20-16-18(29)4-6-22(20)31-26/h4-7,16,27,31H,3,8-15H2,1-2H3,(H,34,35). The highest BCUT2D eigenvalue weighted by atomic mass is 19.1. The number of aromatic nitrogens is 1. The van der Waals surface area contributed by atoms with E-state index in [0.29, 0.717) is 56.0 Å². The van der Waals surface area contributed by atoms with Gasteiger partial charge in [0.2, 0.25) is 0 Å². The van der Waals surface area contributed by atoms with Gasteiger partial charge in [-0.25, -0.2) is 8.78 Å². The summed E-state index contributed by atoms with van der Waals surface area (Å²) in [6.45, 7) is 3.76. The van der Waals surface area contributed by atoms with Crippen molar-refractivity contribution in [2.24, 2.45) is 0 Å². The molecule has 1 aliphatic heterocycles. The second kappa shape index (κ2) is 11.3. The van der Waals surface area contributed by atoms with Gasteiger partial charge >= 0.3 is 5.97 Å². The molecule has 0 radical (unpaired) electrons. The van der Waals surface area contributed by atoms with E-state index in [1.165, 1.54) is 18.2 Å². The van der Waals surface area contributed by atoms with E-state index in [4.69, 9.17) is 4.74 Å². The molecule has 194 valence electrons. The van der Waals surface area contributed by atoms with Crippen molar-refractivity contribution in [1.29, 1.82) is 0 Å². The number of aromatic amines is 1. The maximum Gasteiger partial charge on any atom is 0.304 e. The minimum absolute atomic E-state index is 0.0806. The molecule has 0 aliphatic carbocycles. The summed E-state index contributed by atoms with van der Waals surface area (Å²) in [5.41, 5.74) is 3.47. The molecule has 1 aromatic heterocycles. The third kappa shape index (κ3) is 5.52. The molecule has 3 aromatic rings. The van der Waals surface area contributed by atoms with Gasteiger partial charge in [0, 0.05) is 48.3 Å². The SMILES string of the molecule is Cc1c(OCCN(C)CCCF)ccc(F)c1C1c2[nH]c3ccc(F)cc3c2CCN1CCC(=O)O. The number of alkyl halides is 1. The topological polar surface area (TPSA) is 68.8 Å². The van der Waals surface area contributed by atoms with E-state index in [-0.39, 0.29) is 25.5 Å². The lowest BCUT2D eigenvalue weighted by atomic mass is 9.89. The summed E-state index contributed by atoms with van der Waals surface area (Å²) in [7, 11) is 1.89. The fourth-order valence-electron chi connectivity index (χ4n) is 5.04. The molecule has 4 rings (SSSR count). The van der Waals surface area contributed by atoms with E-state index >= 15 is 4.39 Å². The molecule has 0 saturated carbocycles. The number of benzene rings is 2. The molecule has 0 saturated heterocycles. The first kappa shape index (κ1) is 26.0. The highest BCUT2D eigenvalue weighted by molar-refractivity contribution is 5.85. The number of ether oxygens (including phenoxy) is 1. The van der Waals surface area contributed by atoms with Crippen LogP contribution in [0, 0.1) is 18.6 Å². The number of carbonyl (C=O) groups is 1. The number of likely N-dealkylation sites (N-methyl/N-ethyl adjacent to an activating group) is 1. The van der Waals surface area contributed by atoms with Gasteiger partial charge in [-0.05, 0) is 68.3 Å². The number of hydrogen-bond acceptors (Lipinski definition) is 4. The highest BCUT2D eigenvalue weighted by Crippen LogP contribution is 2.42. The third-order valence-electron chi connectivity index (χ3n) is 6.89. The Morgan fingerprint density at radius 2 is 2.06 bits per heavy atom.